The van der Waals surface area contributed by atoms with Gasteiger partial charge in [-0.3, -0.25) is 9.59 Å². The van der Waals surface area contributed by atoms with Crippen LogP contribution in [0.4, 0.5) is 0 Å². The van der Waals surface area contributed by atoms with Crippen molar-refractivity contribution in [2.45, 2.75) is 63.8 Å². The molecule has 1 saturated carbocycles. The predicted molar refractivity (Wildman–Crippen MR) is 106 cm³/mol. The SMILES string of the molecule is COc1ccccc1C(=O)N1CCC(NC(=O)CCC2CCCCC2)CC1. The minimum absolute atomic E-state index is 0.00882. The standard InChI is InChI=1S/C22H32N2O3/c1-27-20-10-6-5-9-19(20)22(26)24-15-13-18(14-16-24)23-21(25)12-11-17-7-3-2-4-8-17/h5-6,9-10,17-18H,2-4,7-8,11-16H2,1H3,(H,23,25). The van der Waals surface area contributed by atoms with Gasteiger partial charge in [0, 0.05) is 25.6 Å². The van der Waals surface area contributed by atoms with Gasteiger partial charge in [-0.2, -0.15) is 0 Å². The highest BCUT2D eigenvalue weighted by Crippen LogP contribution is 2.27. The molecule has 1 aliphatic heterocycles. The average molecular weight is 373 g/mol. The Kier molecular flexibility index (Phi) is 7.13. The molecule has 0 radical (unpaired) electrons. The molecular formula is C22H32N2O3. The first-order chi connectivity index (χ1) is 13.2. The second-order valence-electron chi connectivity index (χ2n) is 7.88. The molecule has 27 heavy (non-hydrogen) atoms. The summed E-state index contributed by atoms with van der Waals surface area (Å²) >= 11 is 0. The van der Waals surface area contributed by atoms with Crippen molar-refractivity contribution >= 4 is 11.8 Å². The normalized spacial score (nSPS) is 18.9. The summed E-state index contributed by atoms with van der Waals surface area (Å²) in [6, 6.07) is 7.53. The van der Waals surface area contributed by atoms with Crippen molar-refractivity contribution < 1.29 is 14.3 Å². The summed E-state index contributed by atoms with van der Waals surface area (Å²) in [5, 5.41) is 3.18. The van der Waals surface area contributed by atoms with Gasteiger partial charge in [-0.25, -0.2) is 0 Å². The van der Waals surface area contributed by atoms with Crippen LogP contribution in [0.25, 0.3) is 0 Å². The molecule has 0 unspecified atom stereocenters. The Morgan fingerprint density at radius 1 is 1.07 bits per heavy atom. The number of carbonyl (C=O) groups excluding carboxylic acids is 2. The molecule has 148 valence electrons. The van der Waals surface area contributed by atoms with Crippen molar-refractivity contribution in [3.8, 4) is 5.75 Å². The van der Waals surface area contributed by atoms with Gasteiger partial charge >= 0.3 is 0 Å². The lowest BCUT2D eigenvalue weighted by Gasteiger charge is -2.33. The van der Waals surface area contributed by atoms with Gasteiger partial charge in [-0.15, -0.1) is 0 Å². The monoisotopic (exact) mass is 372 g/mol. The van der Waals surface area contributed by atoms with Crippen LogP contribution in [0.5, 0.6) is 5.75 Å². The second-order valence-corrected chi connectivity index (χ2v) is 7.88. The van der Waals surface area contributed by atoms with Gasteiger partial charge < -0.3 is 15.0 Å². The molecule has 3 rings (SSSR count). The minimum atomic E-state index is 0.00882. The molecule has 1 aromatic carbocycles. The van der Waals surface area contributed by atoms with Crippen LogP contribution in [0, 0.1) is 5.92 Å². The summed E-state index contributed by atoms with van der Waals surface area (Å²) < 4.78 is 5.30. The van der Waals surface area contributed by atoms with E-state index in [2.05, 4.69) is 5.32 Å². The smallest absolute Gasteiger partial charge is 0.257 e. The molecule has 0 bridgehead atoms. The van der Waals surface area contributed by atoms with E-state index >= 15 is 0 Å². The van der Waals surface area contributed by atoms with E-state index in [1.165, 1.54) is 32.1 Å². The van der Waals surface area contributed by atoms with Crippen molar-refractivity contribution in [3.63, 3.8) is 0 Å². The number of ether oxygens (including phenoxy) is 1. The molecule has 1 aromatic rings. The van der Waals surface area contributed by atoms with Crippen LogP contribution in [0.3, 0.4) is 0 Å². The zero-order chi connectivity index (χ0) is 19.1. The first-order valence-corrected chi connectivity index (χ1v) is 10.4. The molecule has 5 heteroatoms. The molecule has 0 spiro atoms. The topological polar surface area (TPSA) is 58.6 Å². The predicted octanol–water partition coefficient (Wildman–Crippen LogP) is 3.78. The van der Waals surface area contributed by atoms with Crippen molar-refractivity contribution in [1.29, 1.82) is 0 Å². The third-order valence-electron chi connectivity index (χ3n) is 5.99. The van der Waals surface area contributed by atoms with Crippen LogP contribution in [0.1, 0.15) is 68.1 Å². The lowest BCUT2D eigenvalue weighted by Crippen LogP contribution is -2.46. The minimum Gasteiger partial charge on any atom is -0.496 e. The van der Waals surface area contributed by atoms with Crippen molar-refractivity contribution in [2.24, 2.45) is 5.92 Å². The van der Waals surface area contributed by atoms with E-state index in [-0.39, 0.29) is 17.9 Å². The number of piperidine rings is 1. The van der Waals surface area contributed by atoms with E-state index in [9.17, 15) is 9.59 Å². The van der Waals surface area contributed by atoms with Crippen LogP contribution in [0.15, 0.2) is 24.3 Å². The highest BCUT2D eigenvalue weighted by Gasteiger charge is 2.26. The number of amides is 2. The molecule has 1 heterocycles. The van der Waals surface area contributed by atoms with Gasteiger partial charge in [0.25, 0.3) is 5.91 Å². The van der Waals surface area contributed by atoms with E-state index in [1.807, 2.05) is 23.1 Å². The van der Waals surface area contributed by atoms with Crippen LogP contribution in [-0.2, 0) is 4.79 Å². The lowest BCUT2D eigenvalue weighted by atomic mass is 9.86. The van der Waals surface area contributed by atoms with E-state index in [0.29, 0.717) is 30.8 Å². The highest BCUT2D eigenvalue weighted by atomic mass is 16.5. The van der Waals surface area contributed by atoms with E-state index in [0.717, 1.165) is 25.2 Å². The Bertz CT molecular complexity index is 632. The fourth-order valence-corrected chi connectivity index (χ4v) is 4.33. The molecular weight excluding hydrogens is 340 g/mol. The molecule has 5 nitrogen and oxygen atoms in total. The lowest BCUT2D eigenvalue weighted by molar-refractivity contribution is -0.122. The van der Waals surface area contributed by atoms with Crippen LogP contribution >= 0.6 is 0 Å². The molecule has 2 amide bonds. The zero-order valence-electron chi connectivity index (χ0n) is 16.4. The molecule has 1 aliphatic carbocycles. The number of benzene rings is 1. The highest BCUT2D eigenvalue weighted by molar-refractivity contribution is 5.97. The summed E-state index contributed by atoms with van der Waals surface area (Å²) in [4.78, 5) is 26.9. The number of hydrogen-bond acceptors (Lipinski definition) is 3. The Morgan fingerprint density at radius 3 is 2.48 bits per heavy atom. The number of para-hydroxylation sites is 1. The number of hydrogen-bond donors (Lipinski definition) is 1. The maximum atomic E-state index is 12.7. The first kappa shape index (κ1) is 19.7. The Balaban J connectivity index is 1.41. The quantitative estimate of drug-likeness (QED) is 0.827. The van der Waals surface area contributed by atoms with E-state index in [4.69, 9.17) is 4.74 Å². The van der Waals surface area contributed by atoms with Gasteiger partial charge in [0.15, 0.2) is 0 Å². The van der Waals surface area contributed by atoms with Crippen LogP contribution in [-0.4, -0.2) is 43.0 Å². The van der Waals surface area contributed by atoms with Crippen LogP contribution in [0.2, 0.25) is 0 Å². The fraction of sp³-hybridized carbons (Fsp3) is 0.636. The summed E-state index contributed by atoms with van der Waals surface area (Å²) in [5.74, 6) is 1.54. The van der Waals surface area contributed by atoms with E-state index in [1.54, 1.807) is 13.2 Å². The number of rotatable bonds is 6. The Hall–Kier alpha value is -2.04. The third-order valence-corrected chi connectivity index (χ3v) is 5.99. The van der Waals surface area contributed by atoms with Gasteiger partial charge in [0.05, 0.1) is 12.7 Å². The van der Waals surface area contributed by atoms with Gasteiger partial charge in [-0.05, 0) is 37.3 Å². The number of carbonyl (C=O) groups is 2. The number of methoxy groups -OCH3 is 1. The maximum absolute atomic E-state index is 12.7. The molecule has 1 N–H and O–H groups in total. The van der Waals surface area contributed by atoms with Crippen molar-refractivity contribution in [3.05, 3.63) is 29.8 Å². The molecule has 1 saturated heterocycles. The number of likely N-dealkylation sites (tertiary alicyclic amines) is 1. The van der Waals surface area contributed by atoms with Crippen molar-refractivity contribution in [2.75, 3.05) is 20.2 Å². The Labute approximate surface area is 162 Å². The van der Waals surface area contributed by atoms with Crippen molar-refractivity contribution in [1.82, 2.24) is 10.2 Å². The summed E-state index contributed by atoms with van der Waals surface area (Å²) in [6.45, 7) is 1.34. The molecule has 0 atom stereocenters. The fourth-order valence-electron chi connectivity index (χ4n) is 4.33. The summed E-state index contributed by atoms with van der Waals surface area (Å²) in [5.41, 5.74) is 0.606. The number of nitrogens with zero attached hydrogens (tertiary/aromatic N) is 1. The number of nitrogens with one attached hydrogen (secondary N) is 1. The van der Waals surface area contributed by atoms with Crippen LogP contribution < -0.4 is 10.1 Å². The second kappa shape index (κ2) is 9.77. The molecule has 2 fully saturated rings. The maximum Gasteiger partial charge on any atom is 0.257 e. The van der Waals surface area contributed by atoms with Gasteiger partial charge in [-0.1, -0.05) is 44.2 Å². The van der Waals surface area contributed by atoms with Gasteiger partial charge in [0.1, 0.15) is 5.75 Å². The molecule has 2 aliphatic rings. The zero-order valence-corrected chi connectivity index (χ0v) is 16.4. The first-order valence-electron chi connectivity index (χ1n) is 10.4. The molecule has 0 aromatic heterocycles. The summed E-state index contributed by atoms with van der Waals surface area (Å²) in [6.07, 6.45) is 9.88. The average Bonchev–Trinajstić information content (AvgIpc) is 2.73. The van der Waals surface area contributed by atoms with Gasteiger partial charge in [0.2, 0.25) is 5.91 Å². The van der Waals surface area contributed by atoms with E-state index < -0.39 is 0 Å². The third kappa shape index (κ3) is 5.47. The summed E-state index contributed by atoms with van der Waals surface area (Å²) in [7, 11) is 1.58. The Morgan fingerprint density at radius 2 is 1.78 bits per heavy atom. The largest absolute Gasteiger partial charge is 0.496 e.